The van der Waals surface area contributed by atoms with Crippen molar-refractivity contribution in [2.45, 2.75) is 29.9 Å². The second kappa shape index (κ2) is 5.83. The number of carboxylic acid groups (broad SMARTS) is 1. The Morgan fingerprint density at radius 2 is 2.30 bits per heavy atom. The number of hydrogen-bond acceptors (Lipinski definition) is 5. The summed E-state index contributed by atoms with van der Waals surface area (Å²) in [5.41, 5.74) is 5.75. The number of aromatic nitrogens is 3. The van der Waals surface area contributed by atoms with Crippen molar-refractivity contribution in [3.05, 3.63) is 34.2 Å². The number of anilines is 1. The molecule has 2 aromatic rings. The van der Waals surface area contributed by atoms with Gasteiger partial charge in [0.15, 0.2) is 5.16 Å². The summed E-state index contributed by atoms with van der Waals surface area (Å²) >= 11 is 1.17. The minimum Gasteiger partial charge on any atom is -0.478 e. The van der Waals surface area contributed by atoms with Gasteiger partial charge in [0.2, 0.25) is 0 Å². The molecule has 1 aromatic heterocycles. The fourth-order valence-electron chi connectivity index (χ4n) is 1.72. The molecule has 2 rings (SSSR count). The Labute approximate surface area is 118 Å². The third-order valence-electron chi connectivity index (χ3n) is 2.67. The zero-order valence-electron chi connectivity index (χ0n) is 10.8. The first-order chi connectivity index (χ1) is 9.54. The molecule has 1 heterocycles. The number of carboxylic acids is 1. The Morgan fingerprint density at radius 1 is 1.55 bits per heavy atom. The minimum absolute atomic E-state index is 0.0370. The molecule has 106 valence electrons. The summed E-state index contributed by atoms with van der Waals surface area (Å²) in [4.78, 5) is 23.2. The van der Waals surface area contributed by atoms with Crippen LogP contribution in [0.5, 0.6) is 0 Å². The molecule has 0 aliphatic carbocycles. The topological polar surface area (TPSA) is 114 Å². The number of aromatic carboxylic acids is 1. The monoisotopic (exact) mass is 294 g/mol. The van der Waals surface area contributed by atoms with E-state index in [0.29, 0.717) is 16.6 Å². The summed E-state index contributed by atoms with van der Waals surface area (Å²) < 4.78 is 1.50. The lowest BCUT2D eigenvalue weighted by Crippen LogP contribution is -2.17. The highest BCUT2D eigenvalue weighted by molar-refractivity contribution is 7.99. The van der Waals surface area contributed by atoms with Gasteiger partial charge in [-0.3, -0.25) is 4.57 Å². The normalized spacial score (nSPS) is 10.7. The first-order valence-corrected chi connectivity index (χ1v) is 6.81. The number of hydrogen-bond donors (Lipinski definition) is 3. The van der Waals surface area contributed by atoms with E-state index in [2.05, 4.69) is 10.2 Å². The summed E-state index contributed by atoms with van der Waals surface area (Å²) in [5.74, 6) is -1.09. The molecule has 0 atom stereocenters. The number of nitrogen functional groups attached to an aromatic ring is 1. The molecule has 0 unspecified atom stereocenters. The predicted molar refractivity (Wildman–Crippen MR) is 75.1 cm³/mol. The molecule has 0 aliphatic heterocycles. The summed E-state index contributed by atoms with van der Waals surface area (Å²) in [5, 5.41) is 15.8. The van der Waals surface area contributed by atoms with E-state index >= 15 is 0 Å². The highest BCUT2D eigenvalue weighted by atomic mass is 32.2. The first kappa shape index (κ1) is 14.2. The molecule has 20 heavy (non-hydrogen) atoms. The van der Waals surface area contributed by atoms with Crippen molar-refractivity contribution in [2.75, 3.05) is 5.73 Å². The predicted octanol–water partition coefficient (Wildman–Crippen LogP) is 1.41. The lowest BCUT2D eigenvalue weighted by Gasteiger charge is -2.08. The van der Waals surface area contributed by atoms with Crippen molar-refractivity contribution >= 4 is 23.4 Å². The molecule has 1 aromatic carbocycles. The third kappa shape index (κ3) is 2.69. The molecule has 0 spiro atoms. The quantitative estimate of drug-likeness (QED) is 0.718. The fraction of sp³-hybridized carbons (Fsp3) is 0.250. The van der Waals surface area contributed by atoms with Gasteiger partial charge < -0.3 is 10.8 Å². The molecule has 0 aliphatic rings. The molecule has 7 nitrogen and oxygen atoms in total. The number of carbonyl (C=O) groups is 1. The van der Waals surface area contributed by atoms with Gasteiger partial charge in [-0.05, 0) is 30.3 Å². The number of para-hydroxylation sites is 1. The molecule has 0 fully saturated rings. The Bertz CT molecular complexity index is 692. The number of rotatable bonds is 5. The second-order valence-electron chi connectivity index (χ2n) is 4.09. The first-order valence-electron chi connectivity index (χ1n) is 5.99. The molecule has 0 bridgehead atoms. The van der Waals surface area contributed by atoms with E-state index < -0.39 is 5.97 Å². The lowest BCUT2D eigenvalue weighted by atomic mass is 10.2. The highest BCUT2D eigenvalue weighted by Gasteiger charge is 2.15. The van der Waals surface area contributed by atoms with Gasteiger partial charge in [0.25, 0.3) is 0 Å². The van der Waals surface area contributed by atoms with Gasteiger partial charge in [-0.2, -0.15) is 0 Å². The Morgan fingerprint density at radius 3 is 2.95 bits per heavy atom. The van der Waals surface area contributed by atoms with Crippen LogP contribution in [0.3, 0.4) is 0 Å². The van der Waals surface area contributed by atoms with Crippen LogP contribution in [-0.2, 0) is 6.54 Å². The Hall–Kier alpha value is -2.22. The lowest BCUT2D eigenvalue weighted by molar-refractivity contribution is 0.0698. The van der Waals surface area contributed by atoms with Gasteiger partial charge >= 0.3 is 11.7 Å². The van der Waals surface area contributed by atoms with E-state index in [0.717, 1.165) is 6.42 Å². The summed E-state index contributed by atoms with van der Waals surface area (Å²) in [6, 6.07) is 4.74. The van der Waals surface area contributed by atoms with Crippen LogP contribution in [0.4, 0.5) is 5.69 Å². The summed E-state index contributed by atoms with van der Waals surface area (Å²) in [7, 11) is 0. The molecule has 0 amide bonds. The van der Waals surface area contributed by atoms with Crippen LogP contribution in [0.2, 0.25) is 0 Å². The number of nitrogens with one attached hydrogen (secondary N) is 1. The average molecular weight is 294 g/mol. The van der Waals surface area contributed by atoms with Gasteiger partial charge in [0, 0.05) is 11.4 Å². The summed E-state index contributed by atoms with van der Waals surface area (Å²) in [6.45, 7) is 2.49. The number of nitrogens with two attached hydrogens (primary N) is 1. The molecule has 0 radical (unpaired) electrons. The van der Waals surface area contributed by atoms with E-state index in [9.17, 15) is 9.59 Å². The zero-order chi connectivity index (χ0) is 14.7. The second-order valence-corrected chi connectivity index (χ2v) is 5.10. The highest BCUT2D eigenvalue weighted by Crippen LogP contribution is 2.32. The summed E-state index contributed by atoms with van der Waals surface area (Å²) in [6.07, 6.45) is 0.789. The largest absolute Gasteiger partial charge is 0.478 e. The van der Waals surface area contributed by atoms with Gasteiger partial charge in [0.1, 0.15) is 0 Å². The maximum absolute atomic E-state index is 11.6. The number of benzene rings is 1. The van der Waals surface area contributed by atoms with Crippen molar-refractivity contribution < 1.29 is 9.90 Å². The minimum atomic E-state index is -1.09. The molecular weight excluding hydrogens is 280 g/mol. The molecule has 8 heteroatoms. The van der Waals surface area contributed by atoms with Gasteiger partial charge in [0.05, 0.1) is 11.3 Å². The standard InChI is InChI=1S/C12H14N4O3S/c1-2-6-16-11(19)14-15-12(16)20-8-5-3-4-7(9(8)13)10(17)18/h3-5H,2,6,13H2,1H3,(H,14,19)(H,17,18). The third-order valence-corrected chi connectivity index (χ3v) is 3.74. The van der Waals surface area contributed by atoms with Gasteiger partial charge in [-0.1, -0.05) is 13.0 Å². The Balaban J connectivity index is 2.38. The van der Waals surface area contributed by atoms with Crippen LogP contribution < -0.4 is 11.4 Å². The van der Waals surface area contributed by atoms with Gasteiger partial charge in [-0.15, -0.1) is 5.10 Å². The van der Waals surface area contributed by atoms with Crippen LogP contribution in [0, 0.1) is 0 Å². The smallest absolute Gasteiger partial charge is 0.343 e. The SMILES string of the molecule is CCCn1c(Sc2cccc(C(=O)O)c2N)n[nH]c1=O. The van der Waals surface area contributed by atoms with Crippen LogP contribution in [0.1, 0.15) is 23.7 Å². The fourth-order valence-corrected chi connectivity index (χ4v) is 2.66. The van der Waals surface area contributed by atoms with Crippen LogP contribution >= 0.6 is 11.8 Å². The molecule has 0 saturated carbocycles. The van der Waals surface area contributed by atoms with E-state index in [1.54, 1.807) is 12.1 Å². The molecule has 4 N–H and O–H groups in total. The van der Waals surface area contributed by atoms with Crippen LogP contribution in [-0.4, -0.2) is 25.8 Å². The molecular formula is C12H14N4O3S. The van der Waals surface area contributed by atoms with E-state index in [1.165, 1.54) is 22.4 Å². The maximum Gasteiger partial charge on any atom is 0.343 e. The van der Waals surface area contributed by atoms with Gasteiger partial charge in [-0.25, -0.2) is 14.7 Å². The van der Waals surface area contributed by atoms with Crippen LogP contribution in [0.25, 0.3) is 0 Å². The van der Waals surface area contributed by atoms with Crippen molar-refractivity contribution in [3.8, 4) is 0 Å². The van der Waals surface area contributed by atoms with Crippen molar-refractivity contribution in [1.29, 1.82) is 0 Å². The van der Waals surface area contributed by atoms with E-state index in [1.807, 2.05) is 6.92 Å². The van der Waals surface area contributed by atoms with Crippen LogP contribution in [0.15, 0.2) is 33.0 Å². The number of nitrogens with zero attached hydrogens (tertiary/aromatic N) is 2. The van der Waals surface area contributed by atoms with Crippen molar-refractivity contribution in [1.82, 2.24) is 14.8 Å². The Kier molecular flexibility index (Phi) is 4.14. The molecule has 0 saturated heterocycles. The van der Waals surface area contributed by atoms with Crippen molar-refractivity contribution in [2.24, 2.45) is 0 Å². The average Bonchev–Trinajstić information content (AvgIpc) is 2.74. The number of H-pyrrole nitrogens is 1. The van der Waals surface area contributed by atoms with Crippen molar-refractivity contribution in [3.63, 3.8) is 0 Å². The zero-order valence-corrected chi connectivity index (χ0v) is 11.6. The van der Waals surface area contributed by atoms with E-state index in [4.69, 9.17) is 10.8 Å². The number of aromatic amines is 1. The maximum atomic E-state index is 11.6. The van der Waals surface area contributed by atoms with E-state index in [-0.39, 0.29) is 16.9 Å².